The van der Waals surface area contributed by atoms with Crippen molar-refractivity contribution in [3.63, 3.8) is 0 Å². The molecule has 0 aromatic heterocycles. The zero-order chi connectivity index (χ0) is 12.3. The van der Waals surface area contributed by atoms with Gasteiger partial charge in [-0.15, -0.1) is 0 Å². The first-order valence-electron chi connectivity index (χ1n) is 5.94. The summed E-state index contributed by atoms with van der Waals surface area (Å²) in [4.78, 5) is 12.1. The van der Waals surface area contributed by atoms with Gasteiger partial charge in [-0.3, -0.25) is 4.79 Å². The standard InChI is InChI=1S/C13H17BrN2O/c1-9-8-10(14)2-3-12(9)13(17)16-11-4-6-15-7-5-11/h2-3,8,11,15H,4-7H2,1H3,(H,16,17). The summed E-state index contributed by atoms with van der Waals surface area (Å²) in [5.74, 6) is 0.0434. The molecule has 1 aliphatic rings. The van der Waals surface area contributed by atoms with Crippen molar-refractivity contribution >= 4 is 21.8 Å². The average molecular weight is 297 g/mol. The number of halogens is 1. The summed E-state index contributed by atoms with van der Waals surface area (Å²) < 4.78 is 1.01. The molecule has 0 unspecified atom stereocenters. The largest absolute Gasteiger partial charge is 0.349 e. The fourth-order valence-electron chi connectivity index (χ4n) is 2.11. The van der Waals surface area contributed by atoms with Gasteiger partial charge in [0.05, 0.1) is 0 Å². The molecule has 1 aromatic carbocycles. The fraction of sp³-hybridized carbons (Fsp3) is 0.462. The lowest BCUT2D eigenvalue weighted by Crippen LogP contribution is -2.42. The van der Waals surface area contributed by atoms with E-state index in [0.717, 1.165) is 41.5 Å². The lowest BCUT2D eigenvalue weighted by Gasteiger charge is -2.24. The number of hydrogen-bond donors (Lipinski definition) is 2. The lowest BCUT2D eigenvalue weighted by molar-refractivity contribution is 0.0929. The van der Waals surface area contributed by atoms with Crippen molar-refractivity contribution in [2.24, 2.45) is 0 Å². The van der Waals surface area contributed by atoms with Crippen molar-refractivity contribution in [3.05, 3.63) is 33.8 Å². The summed E-state index contributed by atoms with van der Waals surface area (Å²) in [5.41, 5.74) is 1.78. The first-order chi connectivity index (χ1) is 8.16. The van der Waals surface area contributed by atoms with Crippen LogP contribution >= 0.6 is 15.9 Å². The molecule has 0 radical (unpaired) electrons. The molecule has 4 heteroatoms. The zero-order valence-electron chi connectivity index (χ0n) is 9.92. The predicted octanol–water partition coefficient (Wildman–Crippen LogP) is 2.24. The normalized spacial score (nSPS) is 16.8. The first kappa shape index (κ1) is 12.6. The molecule has 1 aliphatic heterocycles. The molecular formula is C13H17BrN2O. The Morgan fingerprint density at radius 2 is 2.12 bits per heavy atom. The van der Waals surface area contributed by atoms with Crippen LogP contribution in [-0.4, -0.2) is 25.0 Å². The molecule has 1 amide bonds. The molecule has 17 heavy (non-hydrogen) atoms. The number of aryl methyl sites for hydroxylation is 1. The molecule has 0 aliphatic carbocycles. The van der Waals surface area contributed by atoms with E-state index in [1.807, 2.05) is 25.1 Å². The first-order valence-corrected chi connectivity index (χ1v) is 6.74. The number of hydrogen-bond acceptors (Lipinski definition) is 2. The monoisotopic (exact) mass is 296 g/mol. The maximum absolute atomic E-state index is 12.1. The second-order valence-electron chi connectivity index (χ2n) is 4.46. The molecule has 92 valence electrons. The highest BCUT2D eigenvalue weighted by molar-refractivity contribution is 9.10. The minimum Gasteiger partial charge on any atom is -0.349 e. The van der Waals surface area contributed by atoms with Gasteiger partial charge in [0.1, 0.15) is 0 Å². The Hall–Kier alpha value is -0.870. The fourth-order valence-corrected chi connectivity index (χ4v) is 2.59. The van der Waals surface area contributed by atoms with Gasteiger partial charge in [0.25, 0.3) is 5.91 Å². The van der Waals surface area contributed by atoms with Crippen molar-refractivity contribution in [3.8, 4) is 0 Å². The minimum absolute atomic E-state index is 0.0434. The Kier molecular flexibility index (Phi) is 4.18. The predicted molar refractivity (Wildman–Crippen MR) is 72.2 cm³/mol. The van der Waals surface area contributed by atoms with Crippen LogP contribution in [0.15, 0.2) is 22.7 Å². The van der Waals surface area contributed by atoms with Gasteiger partial charge in [-0.25, -0.2) is 0 Å². The van der Waals surface area contributed by atoms with Crippen molar-refractivity contribution < 1.29 is 4.79 Å². The van der Waals surface area contributed by atoms with Crippen LogP contribution in [0, 0.1) is 6.92 Å². The van der Waals surface area contributed by atoms with Crippen molar-refractivity contribution in [1.29, 1.82) is 0 Å². The highest BCUT2D eigenvalue weighted by Crippen LogP contribution is 2.16. The van der Waals surface area contributed by atoms with E-state index in [0.29, 0.717) is 6.04 Å². The molecule has 0 spiro atoms. The molecule has 1 fully saturated rings. The molecule has 1 aromatic rings. The second kappa shape index (κ2) is 5.65. The number of carbonyl (C=O) groups excluding carboxylic acids is 1. The molecule has 3 nitrogen and oxygen atoms in total. The highest BCUT2D eigenvalue weighted by atomic mass is 79.9. The molecule has 2 rings (SSSR count). The Morgan fingerprint density at radius 1 is 1.41 bits per heavy atom. The van der Waals surface area contributed by atoms with Gasteiger partial charge in [0.2, 0.25) is 0 Å². The van der Waals surface area contributed by atoms with Gasteiger partial charge in [0.15, 0.2) is 0 Å². The van der Waals surface area contributed by atoms with E-state index in [9.17, 15) is 4.79 Å². The number of benzene rings is 1. The minimum atomic E-state index is 0.0434. The number of rotatable bonds is 2. The maximum atomic E-state index is 12.1. The SMILES string of the molecule is Cc1cc(Br)ccc1C(=O)NC1CCNCC1. The highest BCUT2D eigenvalue weighted by Gasteiger charge is 2.17. The Labute approximate surface area is 110 Å². The second-order valence-corrected chi connectivity index (χ2v) is 5.37. The van der Waals surface area contributed by atoms with Gasteiger partial charge in [-0.1, -0.05) is 15.9 Å². The number of amides is 1. The Bertz CT molecular complexity index is 414. The zero-order valence-corrected chi connectivity index (χ0v) is 11.5. The van der Waals surface area contributed by atoms with Gasteiger partial charge in [0, 0.05) is 16.1 Å². The summed E-state index contributed by atoms with van der Waals surface area (Å²) >= 11 is 3.40. The number of nitrogens with one attached hydrogen (secondary N) is 2. The molecule has 1 saturated heterocycles. The van der Waals surface area contributed by atoms with Crippen LogP contribution in [0.1, 0.15) is 28.8 Å². The molecular weight excluding hydrogens is 280 g/mol. The van der Waals surface area contributed by atoms with Crippen molar-refractivity contribution in [1.82, 2.24) is 10.6 Å². The third-order valence-corrected chi connectivity index (χ3v) is 3.60. The van der Waals surface area contributed by atoms with Crippen LogP contribution in [0.3, 0.4) is 0 Å². The van der Waals surface area contributed by atoms with E-state index in [1.54, 1.807) is 0 Å². The van der Waals surface area contributed by atoms with E-state index in [4.69, 9.17) is 0 Å². The third-order valence-electron chi connectivity index (χ3n) is 3.11. The van der Waals surface area contributed by atoms with Crippen LogP contribution in [0.4, 0.5) is 0 Å². The third kappa shape index (κ3) is 3.30. The molecule has 0 saturated carbocycles. The summed E-state index contributed by atoms with van der Waals surface area (Å²) in [6.07, 6.45) is 2.03. The van der Waals surface area contributed by atoms with Gasteiger partial charge >= 0.3 is 0 Å². The Balaban J connectivity index is 2.03. The maximum Gasteiger partial charge on any atom is 0.251 e. The van der Waals surface area contributed by atoms with Crippen LogP contribution in [-0.2, 0) is 0 Å². The van der Waals surface area contributed by atoms with Crippen molar-refractivity contribution in [2.45, 2.75) is 25.8 Å². The topological polar surface area (TPSA) is 41.1 Å². The van der Waals surface area contributed by atoms with E-state index >= 15 is 0 Å². The van der Waals surface area contributed by atoms with Gasteiger partial charge < -0.3 is 10.6 Å². The van der Waals surface area contributed by atoms with E-state index in [2.05, 4.69) is 26.6 Å². The number of piperidine rings is 1. The van der Waals surface area contributed by atoms with Crippen LogP contribution in [0.5, 0.6) is 0 Å². The van der Waals surface area contributed by atoms with E-state index in [1.165, 1.54) is 0 Å². The number of carbonyl (C=O) groups is 1. The lowest BCUT2D eigenvalue weighted by atomic mass is 10.0. The molecule has 0 bridgehead atoms. The smallest absolute Gasteiger partial charge is 0.251 e. The summed E-state index contributed by atoms with van der Waals surface area (Å²) in [6.45, 7) is 3.94. The van der Waals surface area contributed by atoms with Crippen LogP contribution in [0.2, 0.25) is 0 Å². The van der Waals surface area contributed by atoms with Crippen molar-refractivity contribution in [2.75, 3.05) is 13.1 Å². The average Bonchev–Trinajstić information content (AvgIpc) is 2.30. The van der Waals surface area contributed by atoms with Crippen LogP contribution in [0.25, 0.3) is 0 Å². The summed E-state index contributed by atoms with van der Waals surface area (Å²) in [6, 6.07) is 6.06. The molecule has 0 atom stereocenters. The van der Waals surface area contributed by atoms with E-state index in [-0.39, 0.29) is 5.91 Å². The van der Waals surface area contributed by atoms with Crippen LogP contribution < -0.4 is 10.6 Å². The summed E-state index contributed by atoms with van der Waals surface area (Å²) in [7, 11) is 0. The van der Waals surface area contributed by atoms with E-state index < -0.39 is 0 Å². The summed E-state index contributed by atoms with van der Waals surface area (Å²) in [5, 5.41) is 6.39. The molecule has 1 heterocycles. The quantitative estimate of drug-likeness (QED) is 0.879. The van der Waals surface area contributed by atoms with Gasteiger partial charge in [-0.2, -0.15) is 0 Å². The molecule has 2 N–H and O–H groups in total. The Morgan fingerprint density at radius 3 is 2.76 bits per heavy atom. The van der Waals surface area contributed by atoms with Gasteiger partial charge in [-0.05, 0) is 56.6 Å².